The van der Waals surface area contributed by atoms with Crippen LogP contribution in [0.1, 0.15) is 49.8 Å². The Balaban J connectivity index is 1.96. The highest BCUT2D eigenvalue weighted by Crippen LogP contribution is 2.46. The van der Waals surface area contributed by atoms with E-state index in [0.717, 1.165) is 12.3 Å². The first-order valence-corrected chi connectivity index (χ1v) is 5.50. The number of nitrogens with one attached hydrogen (secondary N) is 1. The van der Waals surface area contributed by atoms with E-state index in [1.165, 1.54) is 35.6 Å². The molecule has 1 unspecified atom stereocenters. The largest absolute Gasteiger partial charge is 0.345 e. The van der Waals surface area contributed by atoms with Crippen LogP contribution >= 0.6 is 0 Å². The molecule has 2 nitrogen and oxygen atoms in total. The first kappa shape index (κ1) is 8.27. The summed E-state index contributed by atoms with van der Waals surface area (Å²) in [6, 6.07) is 0. The Hall–Kier alpha value is -1.05. The van der Waals surface area contributed by atoms with Crippen LogP contribution in [0.5, 0.6) is 0 Å². The Bertz CT molecular complexity index is 400. The number of rotatable bonds is 1. The van der Waals surface area contributed by atoms with Crippen molar-refractivity contribution in [3.05, 3.63) is 22.8 Å². The zero-order chi connectivity index (χ0) is 9.71. The van der Waals surface area contributed by atoms with E-state index in [9.17, 15) is 0 Å². The van der Waals surface area contributed by atoms with Gasteiger partial charge in [0.25, 0.3) is 0 Å². The third-order valence-corrected chi connectivity index (χ3v) is 3.44. The summed E-state index contributed by atoms with van der Waals surface area (Å²) in [6.45, 7) is 4.49. The van der Waals surface area contributed by atoms with Crippen molar-refractivity contribution in [2.24, 2.45) is 5.92 Å². The van der Waals surface area contributed by atoms with Crippen LogP contribution < -0.4 is 0 Å². The molecule has 1 aromatic rings. The first-order valence-electron chi connectivity index (χ1n) is 5.50. The zero-order valence-corrected chi connectivity index (χ0v) is 8.80. The molecule has 2 heteroatoms. The van der Waals surface area contributed by atoms with Crippen molar-refractivity contribution in [1.82, 2.24) is 9.97 Å². The minimum atomic E-state index is 0.717. The average Bonchev–Trinajstić information content (AvgIpc) is 2.75. The monoisotopic (exact) mass is 188 g/mol. The van der Waals surface area contributed by atoms with Gasteiger partial charge in [-0.1, -0.05) is 12.5 Å². The number of hydrogen-bond donors (Lipinski definition) is 1. The summed E-state index contributed by atoms with van der Waals surface area (Å²) in [5.41, 5.74) is 4.01. The van der Waals surface area contributed by atoms with Crippen LogP contribution in [0, 0.1) is 5.92 Å². The van der Waals surface area contributed by atoms with Gasteiger partial charge in [0.05, 0.1) is 5.69 Å². The molecule has 0 bridgehead atoms. The quantitative estimate of drug-likeness (QED) is 0.721. The van der Waals surface area contributed by atoms with Crippen molar-refractivity contribution in [2.75, 3.05) is 0 Å². The Morgan fingerprint density at radius 1 is 1.43 bits per heavy atom. The lowest BCUT2D eigenvalue weighted by Gasteiger charge is -2.06. The maximum Gasteiger partial charge on any atom is 0.110 e. The van der Waals surface area contributed by atoms with Crippen LogP contribution in [0.2, 0.25) is 0 Å². The average molecular weight is 188 g/mol. The first-order chi connectivity index (χ1) is 6.74. The molecule has 2 aliphatic carbocycles. The van der Waals surface area contributed by atoms with Gasteiger partial charge >= 0.3 is 0 Å². The van der Waals surface area contributed by atoms with E-state index in [-0.39, 0.29) is 0 Å². The SMILES string of the molecule is CC1=Cc2nc([C@H]3CC3C)[nH]c2CC1. The molecule has 0 aromatic carbocycles. The molecule has 0 spiro atoms. The van der Waals surface area contributed by atoms with E-state index < -0.39 is 0 Å². The third-order valence-electron chi connectivity index (χ3n) is 3.44. The number of imidazole rings is 1. The molecule has 1 heterocycles. The minimum Gasteiger partial charge on any atom is -0.345 e. The van der Waals surface area contributed by atoms with Crippen molar-refractivity contribution in [3.63, 3.8) is 0 Å². The summed E-state index contributed by atoms with van der Waals surface area (Å²) < 4.78 is 0. The molecular formula is C12H16N2. The maximum atomic E-state index is 4.68. The second-order valence-corrected chi connectivity index (χ2v) is 4.80. The van der Waals surface area contributed by atoms with Crippen LogP contribution in [0.25, 0.3) is 6.08 Å². The van der Waals surface area contributed by atoms with E-state index in [1.54, 1.807) is 0 Å². The highest BCUT2D eigenvalue weighted by Gasteiger charge is 2.37. The molecule has 1 aromatic heterocycles. The summed E-state index contributed by atoms with van der Waals surface area (Å²) in [6.07, 6.45) is 5.88. The summed E-state index contributed by atoms with van der Waals surface area (Å²) in [4.78, 5) is 8.17. The van der Waals surface area contributed by atoms with Crippen molar-refractivity contribution >= 4 is 6.08 Å². The van der Waals surface area contributed by atoms with E-state index in [1.807, 2.05) is 0 Å². The van der Waals surface area contributed by atoms with Gasteiger partial charge in [0, 0.05) is 11.6 Å². The van der Waals surface area contributed by atoms with Crippen LogP contribution in [0.4, 0.5) is 0 Å². The Kier molecular flexibility index (Phi) is 1.61. The number of aryl methyl sites for hydroxylation is 1. The van der Waals surface area contributed by atoms with Gasteiger partial charge in [-0.05, 0) is 38.2 Å². The standard InChI is InChI=1S/C12H16N2/c1-7-3-4-10-11(5-7)14-12(13-10)9-6-8(9)2/h5,8-9H,3-4,6H2,1-2H3,(H,13,14)/t8?,9-/m0/s1. The molecule has 1 saturated carbocycles. The molecule has 2 atom stereocenters. The second-order valence-electron chi connectivity index (χ2n) is 4.80. The van der Waals surface area contributed by atoms with Crippen molar-refractivity contribution in [1.29, 1.82) is 0 Å². The van der Waals surface area contributed by atoms with Gasteiger partial charge in [0.1, 0.15) is 5.82 Å². The van der Waals surface area contributed by atoms with Crippen LogP contribution in [-0.2, 0) is 6.42 Å². The predicted molar refractivity (Wildman–Crippen MR) is 57.1 cm³/mol. The number of H-pyrrole nitrogens is 1. The van der Waals surface area contributed by atoms with Crippen LogP contribution in [0.3, 0.4) is 0 Å². The zero-order valence-electron chi connectivity index (χ0n) is 8.80. The molecule has 0 amide bonds. The summed E-state index contributed by atoms with van der Waals surface area (Å²) in [7, 11) is 0. The highest BCUT2D eigenvalue weighted by atomic mass is 15.0. The van der Waals surface area contributed by atoms with Gasteiger partial charge in [-0.25, -0.2) is 4.98 Å². The third kappa shape index (κ3) is 1.21. The highest BCUT2D eigenvalue weighted by molar-refractivity contribution is 5.54. The number of fused-ring (bicyclic) bond motifs is 1. The van der Waals surface area contributed by atoms with Gasteiger partial charge in [-0.15, -0.1) is 0 Å². The minimum absolute atomic E-state index is 0.717. The number of nitrogens with zero attached hydrogens (tertiary/aromatic N) is 1. The molecule has 1 N–H and O–H groups in total. The summed E-state index contributed by atoms with van der Waals surface area (Å²) in [5, 5.41) is 0. The normalized spacial score (nSPS) is 29.7. The van der Waals surface area contributed by atoms with Crippen molar-refractivity contribution < 1.29 is 0 Å². The van der Waals surface area contributed by atoms with Crippen molar-refractivity contribution in [2.45, 2.75) is 39.0 Å². The molecule has 74 valence electrons. The fourth-order valence-corrected chi connectivity index (χ4v) is 2.26. The van der Waals surface area contributed by atoms with E-state index in [2.05, 4.69) is 29.9 Å². The van der Waals surface area contributed by atoms with Crippen molar-refractivity contribution in [3.8, 4) is 0 Å². The number of aromatic amines is 1. The summed E-state index contributed by atoms with van der Waals surface area (Å²) in [5.74, 6) is 2.79. The Labute approximate surface area is 84.4 Å². The molecule has 0 radical (unpaired) electrons. The number of hydrogen-bond acceptors (Lipinski definition) is 1. The smallest absolute Gasteiger partial charge is 0.110 e. The van der Waals surface area contributed by atoms with E-state index in [4.69, 9.17) is 0 Å². The van der Waals surface area contributed by atoms with Gasteiger partial charge in [-0.3, -0.25) is 0 Å². The predicted octanol–water partition coefficient (Wildman–Crippen LogP) is 2.88. The lowest BCUT2D eigenvalue weighted by atomic mass is 10.0. The number of aromatic nitrogens is 2. The molecule has 3 rings (SSSR count). The number of allylic oxidation sites excluding steroid dienone is 1. The fourth-order valence-electron chi connectivity index (χ4n) is 2.26. The fraction of sp³-hybridized carbons (Fsp3) is 0.583. The molecular weight excluding hydrogens is 172 g/mol. The van der Waals surface area contributed by atoms with Gasteiger partial charge in [0.15, 0.2) is 0 Å². The van der Waals surface area contributed by atoms with Gasteiger partial charge in [0.2, 0.25) is 0 Å². The van der Waals surface area contributed by atoms with Crippen LogP contribution in [-0.4, -0.2) is 9.97 Å². The maximum absolute atomic E-state index is 4.68. The topological polar surface area (TPSA) is 28.7 Å². The van der Waals surface area contributed by atoms with Gasteiger partial charge < -0.3 is 4.98 Å². The van der Waals surface area contributed by atoms with Gasteiger partial charge in [-0.2, -0.15) is 0 Å². The summed E-state index contributed by atoms with van der Waals surface area (Å²) >= 11 is 0. The van der Waals surface area contributed by atoms with E-state index >= 15 is 0 Å². The molecule has 0 saturated heterocycles. The van der Waals surface area contributed by atoms with E-state index in [0.29, 0.717) is 5.92 Å². The lowest BCUT2D eigenvalue weighted by molar-refractivity contribution is 0.847. The molecule has 14 heavy (non-hydrogen) atoms. The lowest BCUT2D eigenvalue weighted by Crippen LogP contribution is -1.95. The molecule has 0 aliphatic heterocycles. The second kappa shape index (κ2) is 2.72. The molecule has 1 fully saturated rings. The Morgan fingerprint density at radius 3 is 2.93 bits per heavy atom. The van der Waals surface area contributed by atoms with Crippen LogP contribution in [0.15, 0.2) is 5.57 Å². The molecule has 2 aliphatic rings. The Morgan fingerprint density at radius 2 is 2.21 bits per heavy atom.